The molecule has 0 radical (unpaired) electrons. The van der Waals surface area contributed by atoms with Crippen LogP contribution in [0.15, 0.2) is 0 Å². The monoisotopic (exact) mass is 230 g/mol. The first-order chi connectivity index (χ1) is 7.54. The Morgan fingerprint density at radius 3 is 2.75 bits per heavy atom. The number of ether oxygens (including phenoxy) is 1. The molecule has 1 saturated heterocycles. The van der Waals surface area contributed by atoms with Crippen LogP contribution in [0.2, 0.25) is 0 Å². The number of urea groups is 1. The second kappa shape index (κ2) is 5.69. The van der Waals surface area contributed by atoms with Crippen molar-refractivity contribution in [1.29, 1.82) is 0 Å². The minimum atomic E-state index is -0.295. The quantitative estimate of drug-likeness (QED) is 0.568. The third-order valence-electron chi connectivity index (χ3n) is 2.47. The summed E-state index contributed by atoms with van der Waals surface area (Å²) in [5.41, 5.74) is 0. The zero-order valence-electron chi connectivity index (χ0n) is 10.0. The summed E-state index contributed by atoms with van der Waals surface area (Å²) in [5.74, 6) is -0.276. The van der Waals surface area contributed by atoms with E-state index in [-0.39, 0.29) is 24.1 Å². The summed E-state index contributed by atoms with van der Waals surface area (Å²) >= 11 is 0. The predicted octanol–water partition coefficient (Wildman–Crippen LogP) is -1.47. The molecule has 2 amide bonds. The second-order valence-corrected chi connectivity index (χ2v) is 4.20. The molecule has 0 unspecified atom stereocenters. The second-order valence-electron chi connectivity index (χ2n) is 4.20. The topological polar surface area (TPSA) is 75.2 Å². The summed E-state index contributed by atoms with van der Waals surface area (Å²) in [4.78, 5) is 24.7. The third kappa shape index (κ3) is 3.37. The van der Waals surface area contributed by atoms with Gasteiger partial charge in [-0.15, -0.1) is 0 Å². The van der Waals surface area contributed by atoms with Gasteiger partial charge in [0.2, 0.25) is 6.04 Å². The molecule has 1 rings (SSSR count). The van der Waals surface area contributed by atoms with Gasteiger partial charge in [0, 0.05) is 6.04 Å². The predicted molar refractivity (Wildman–Crippen MR) is 57.8 cm³/mol. The zero-order chi connectivity index (χ0) is 12.1. The SMILES string of the molecule is COC(=O)[C@H]1CN(C(=O)NC(C)C)CC[NH2+]1. The van der Waals surface area contributed by atoms with Crippen LogP contribution < -0.4 is 10.6 Å². The van der Waals surface area contributed by atoms with E-state index in [1.165, 1.54) is 7.11 Å². The van der Waals surface area contributed by atoms with E-state index in [1.54, 1.807) is 4.90 Å². The van der Waals surface area contributed by atoms with Gasteiger partial charge in [-0.3, -0.25) is 0 Å². The van der Waals surface area contributed by atoms with Gasteiger partial charge >= 0.3 is 12.0 Å². The third-order valence-corrected chi connectivity index (χ3v) is 2.47. The maximum absolute atomic E-state index is 11.7. The number of nitrogens with zero attached hydrogens (tertiary/aromatic N) is 1. The number of amides is 2. The van der Waals surface area contributed by atoms with Crippen molar-refractivity contribution in [2.45, 2.75) is 25.9 Å². The van der Waals surface area contributed by atoms with Crippen LogP contribution in [0, 0.1) is 0 Å². The average Bonchev–Trinajstić information content (AvgIpc) is 2.27. The highest BCUT2D eigenvalue weighted by Crippen LogP contribution is 1.97. The molecule has 1 heterocycles. The molecule has 0 aliphatic carbocycles. The Labute approximate surface area is 95.3 Å². The summed E-state index contributed by atoms with van der Waals surface area (Å²) in [6.45, 7) is 5.61. The Morgan fingerprint density at radius 1 is 1.50 bits per heavy atom. The van der Waals surface area contributed by atoms with Crippen LogP contribution in [-0.4, -0.2) is 55.7 Å². The molecule has 92 valence electrons. The molecule has 1 aliphatic heterocycles. The molecule has 0 aromatic rings. The van der Waals surface area contributed by atoms with Gasteiger partial charge in [0.25, 0.3) is 0 Å². The van der Waals surface area contributed by atoms with Crippen LogP contribution in [0.25, 0.3) is 0 Å². The number of methoxy groups -OCH3 is 1. The van der Waals surface area contributed by atoms with Gasteiger partial charge in [-0.2, -0.15) is 0 Å². The highest BCUT2D eigenvalue weighted by atomic mass is 16.5. The summed E-state index contributed by atoms with van der Waals surface area (Å²) in [5, 5.41) is 4.72. The number of esters is 1. The van der Waals surface area contributed by atoms with Gasteiger partial charge in [-0.05, 0) is 13.8 Å². The number of quaternary nitrogens is 1. The van der Waals surface area contributed by atoms with Crippen molar-refractivity contribution in [1.82, 2.24) is 10.2 Å². The van der Waals surface area contributed by atoms with Crippen molar-refractivity contribution in [3.8, 4) is 0 Å². The molecule has 6 nitrogen and oxygen atoms in total. The highest BCUT2D eigenvalue weighted by Gasteiger charge is 2.32. The molecule has 0 saturated carbocycles. The van der Waals surface area contributed by atoms with E-state index in [9.17, 15) is 9.59 Å². The van der Waals surface area contributed by atoms with Crippen molar-refractivity contribution in [3.05, 3.63) is 0 Å². The fraction of sp³-hybridized carbons (Fsp3) is 0.800. The van der Waals surface area contributed by atoms with Crippen molar-refractivity contribution in [3.63, 3.8) is 0 Å². The minimum absolute atomic E-state index is 0.106. The zero-order valence-corrected chi connectivity index (χ0v) is 10.0. The van der Waals surface area contributed by atoms with Crippen LogP contribution in [0.5, 0.6) is 0 Å². The standard InChI is InChI=1S/C10H19N3O3/c1-7(2)12-10(15)13-5-4-11-8(6-13)9(14)16-3/h7-8,11H,4-6H2,1-3H3,(H,12,15)/p+1/t8-/m1/s1. The van der Waals surface area contributed by atoms with E-state index in [0.717, 1.165) is 6.54 Å². The van der Waals surface area contributed by atoms with Crippen LogP contribution in [0.3, 0.4) is 0 Å². The maximum atomic E-state index is 11.7. The van der Waals surface area contributed by atoms with E-state index in [4.69, 9.17) is 0 Å². The lowest BCUT2D eigenvalue weighted by molar-refractivity contribution is -0.685. The van der Waals surface area contributed by atoms with Gasteiger partial charge in [-0.1, -0.05) is 0 Å². The number of carbonyl (C=O) groups excluding carboxylic acids is 2. The summed E-state index contributed by atoms with van der Waals surface area (Å²) < 4.78 is 4.67. The van der Waals surface area contributed by atoms with Crippen LogP contribution in [-0.2, 0) is 9.53 Å². The van der Waals surface area contributed by atoms with Crippen LogP contribution >= 0.6 is 0 Å². The van der Waals surface area contributed by atoms with E-state index < -0.39 is 0 Å². The Balaban J connectivity index is 2.50. The van der Waals surface area contributed by atoms with Crippen molar-refractivity contribution >= 4 is 12.0 Å². The number of rotatable bonds is 2. The minimum Gasteiger partial charge on any atom is -0.465 e. The molecule has 0 spiro atoms. The lowest BCUT2D eigenvalue weighted by Gasteiger charge is -2.30. The molecular formula is C10H20N3O3+. The summed E-state index contributed by atoms with van der Waals surface area (Å²) in [6.07, 6.45) is 0. The van der Waals surface area contributed by atoms with Crippen molar-refractivity contribution < 1.29 is 19.6 Å². The molecule has 0 bridgehead atoms. The molecule has 6 heteroatoms. The normalized spacial score (nSPS) is 20.8. The van der Waals surface area contributed by atoms with E-state index >= 15 is 0 Å². The first-order valence-electron chi connectivity index (χ1n) is 5.51. The van der Waals surface area contributed by atoms with Crippen molar-refractivity contribution in [2.75, 3.05) is 26.7 Å². The molecule has 1 aliphatic rings. The summed E-state index contributed by atoms with van der Waals surface area (Å²) in [6, 6.07) is -0.302. The lowest BCUT2D eigenvalue weighted by Crippen LogP contribution is -2.97. The smallest absolute Gasteiger partial charge is 0.366 e. The van der Waals surface area contributed by atoms with E-state index in [2.05, 4.69) is 10.1 Å². The Kier molecular flexibility index (Phi) is 4.54. The summed E-state index contributed by atoms with van der Waals surface area (Å²) in [7, 11) is 1.36. The molecule has 1 fully saturated rings. The number of hydrogen-bond donors (Lipinski definition) is 2. The van der Waals surface area contributed by atoms with E-state index in [0.29, 0.717) is 13.1 Å². The van der Waals surface area contributed by atoms with Crippen LogP contribution in [0.4, 0.5) is 4.79 Å². The number of nitrogens with one attached hydrogen (secondary N) is 1. The number of nitrogens with two attached hydrogens (primary N) is 1. The number of piperazine rings is 1. The molecular weight excluding hydrogens is 210 g/mol. The number of hydrogen-bond acceptors (Lipinski definition) is 3. The maximum Gasteiger partial charge on any atom is 0.366 e. The molecule has 0 aromatic carbocycles. The molecule has 1 atom stereocenters. The Hall–Kier alpha value is -1.30. The van der Waals surface area contributed by atoms with Gasteiger partial charge in [0.05, 0.1) is 26.7 Å². The average molecular weight is 230 g/mol. The molecule has 3 N–H and O–H groups in total. The van der Waals surface area contributed by atoms with Crippen molar-refractivity contribution in [2.24, 2.45) is 0 Å². The number of carbonyl (C=O) groups is 2. The molecule has 0 aromatic heterocycles. The largest absolute Gasteiger partial charge is 0.465 e. The van der Waals surface area contributed by atoms with Gasteiger partial charge in [-0.25, -0.2) is 9.59 Å². The Bertz CT molecular complexity index is 268. The van der Waals surface area contributed by atoms with Gasteiger partial charge < -0.3 is 20.3 Å². The van der Waals surface area contributed by atoms with Gasteiger partial charge in [0.1, 0.15) is 0 Å². The first kappa shape index (κ1) is 12.8. The fourth-order valence-electron chi connectivity index (χ4n) is 1.68. The first-order valence-corrected chi connectivity index (χ1v) is 5.51. The molecule has 16 heavy (non-hydrogen) atoms. The van der Waals surface area contributed by atoms with E-state index in [1.807, 2.05) is 19.2 Å². The Morgan fingerprint density at radius 2 is 2.19 bits per heavy atom. The van der Waals surface area contributed by atoms with Gasteiger partial charge in [0.15, 0.2) is 0 Å². The highest BCUT2D eigenvalue weighted by molar-refractivity contribution is 5.78. The lowest BCUT2D eigenvalue weighted by atomic mass is 10.2. The van der Waals surface area contributed by atoms with Crippen LogP contribution in [0.1, 0.15) is 13.8 Å². The fourth-order valence-corrected chi connectivity index (χ4v) is 1.68.